The van der Waals surface area contributed by atoms with Gasteiger partial charge >= 0.3 is 0 Å². The number of amides is 1. The van der Waals surface area contributed by atoms with Crippen LogP contribution in [0.25, 0.3) is 0 Å². The smallest absolute Gasteiger partial charge is 0.227 e. The summed E-state index contributed by atoms with van der Waals surface area (Å²) >= 11 is 1.48. The highest BCUT2D eigenvalue weighted by Crippen LogP contribution is 2.32. The van der Waals surface area contributed by atoms with Gasteiger partial charge in [-0.3, -0.25) is 14.8 Å². The molecule has 35 heavy (non-hydrogen) atoms. The van der Waals surface area contributed by atoms with E-state index in [0.29, 0.717) is 17.4 Å². The zero-order valence-corrected chi connectivity index (χ0v) is 20.1. The first kappa shape index (κ1) is 23.1. The molecule has 0 radical (unpaired) electrons. The van der Waals surface area contributed by atoms with Crippen molar-refractivity contribution in [1.29, 1.82) is 5.26 Å². The number of nitrogens with zero attached hydrogens (tertiary/aromatic N) is 6. The fourth-order valence-electron chi connectivity index (χ4n) is 3.86. The molecule has 1 aromatic carbocycles. The lowest BCUT2D eigenvalue weighted by molar-refractivity contribution is -0.117. The van der Waals surface area contributed by atoms with Crippen LogP contribution < -0.4 is 15.5 Å². The second-order valence-corrected chi connectivity index (χ2v) is 9.66. The highest BCUT2D eigenvalue weighted by Gasteiger charge is 2.29. The first-order valence-corrected chi connectivity index (χ1v) is 12.6. The Bertz CT molecular complexity index is 1180. The topological polar surface area (TPSA) is 126 Å². The van der Waals surface area contributed by atoms with Gasteiger partial charge < -0.3 is 15.5 Å². The Morgan fingerprint density at radius 1 is 1.14 bits per heavy atom. The highest BCUT2D eigenvalue weighted by molar-refractivity contribution is 7.99. The SMILES string of the molecule is N#CCCN1CCN(c2cc(Nc3ccn[nH]3)nc(Sc3ccc(NC(=O)C4CC4)cc3)n2)CC1. The van der Waals surface area contributed by atoms with Crippen molar-refractivity contribution in [2.75, 3.05) is 48.3 Å². The third kappa shape index (κ3) is 6.29. The summed E-state index contributed by atoms with van der Waals surface area (Å²) in [5.41, 5.74) is 0.803. The number of hydrogen-bond donors (Lipinski definition) is 3. The molecule has 1 amide bonds. The van der Waals surface area contributed by atoms with E-state index < -0.39 is 0 Å². The molecule has 1 aliphatic heterocycles. The molecule has 180 valence electrons. The van der Waals surface area contributed by atoms with Crippen LogP contribution in [0.1, 0.15) is 19.3 Å². The van der Waals surface area contributed by atoms with Crippen LogP contribution >= 0.6 is 11.8 Å². The molecular formula is C24H27N9OS. The van der Waals surface area contributed by atoms with Crippen molar-refractivity contribution in [3.8, 4) is 6.07 Å². The van der Waals surface area contributed by atoms with E-state index in [2.05, 4.69) is 36.7 Å². The molecule has 0 bridgehead atoms. The minimum atomic E-state index is 0.101. The van der Waals surface area contributed by atoms with Gasteiger partial charge in [0.05, 0.1) is 12.3 Å². The first-order valence-electron chi connectivity index (χ1n) is 11.7. The maximum atomic E-state index is 12.0. The molecule has 2 fully saturated rings. The molecule has 5 rings (SSSR count). The summed E-state index contributed by atoms with van der Waals surface area (Å²) in [6, 6.07) is 13.8. The van der Waals surface area contributed by atoms with E-state index in [0.717, 1.165) is 67.8 Å². The lowest BCUT2D eigenvalue weighted by atomic mass is 10.3. The van der Waals surface area contributed by atoms with E-state index in [1.54, 1.807) is 6.20 Å². The van der Waals surface area contributed by atoms with E-state index >= 15 is 0 Å². The van der Waals surface area contributed by atoms with Crippen molar-refractivity contribution in [2.45, 2.75) is 29.3 Å². The summed E-state index contributed by atoms with van der Waals surface area (Å²) < 4.78 is 0. The molecule has 2 aromatic heterocycles. The molecule has 2 aliphatic rings. The molecule has 1 aliphatic carbocycles. The van der Waals surface area contributed by atoms with Gasteiger partial charge in [0.15, 0.2) is 5.16 Å². The minimum absolute atomic E-state index is 0.101. The van der Waals surface area contributed by atoms with Crippen molar-refractivity contribution >= 4 is 40.8 Å². The Balaban J connectivity index is 1.30. The van der Waals surface area contributed by atoms with Crippen LogP contribution in [0, 0.1) is 17.2 Å². The Hall–Kier alpha value is -3.62. The molecule has 1 saturated heterocycles. The predicted octanol–water partition coefficient (Wildman–Crippen LogP) is 3.48. The number of carbonyl (C=O) groups excluding carboxylic acids is 1. The van der Waals surface area contributed by atoms with Crippen LogP contribution in [0.3, 0.4) is 0 Å². The van der Waals surface area contributed by atoms with E-state index in [-0.39, 0.29) is 11.8 Å². The zero-order valence-electron chi connectivity index (χ0n) is 19.3. The third-order valence-electron chi connectivity index (χ3n) is 5.97. The summed E-state index contributed by atoms with van der Waals surface area (Å²) in [5, 5.41) is 22.6. The maximum absolute atomic E-state index is 12.0. The standard InChI is InChI=1S/C24H27N9OS/c25-9-1-11-32-12-14-33(15-13-32)22-16-21(28-20-8-10-26-31-20)29-24(30-22)35-19-6-4-18(5-7-19)27-23(34)17-2-3-17/h4-8,10,16-17H,1-3,11-15H2,(H,27,34)(H2,26,28,29,30,31). The fourth-order valence-corrected chi connectivity index (χ4v) is 4.62. The Kier molecular flexibility index (Phi) is 7.11. The molecule has 3 heterocycles. The molecule has 0 atom stereocenters. The van der Waals surface area contributed by atoms with Gasteiger partial charge in [0.1, 0.15) is 17.5 Å². The number of nitriles is 1. The number of carbonyl (C=O) groups is 1. The molecular weight excluding hydrogens is 462 g/mol. The van der Waals surface area contributed by atoms with Gasteiger partial charge in [0.2, 0.25) is 5.91 Å². The Morgan fingerprint density at radius 3 is 2.63 bits per heavy atom. The van der Waals surface area contributed by atoms with Crippen molar-refractivity contribution in [1.82, 2.24) is 25.1 Å². The van der Waals surface area contributed by atoms with Gasteiger partial charge in [-0.15, -0.1) is 0 Å². The van der Waals surface area contributed by atoms with E-state index in [9.17, 15) is 4.79 Å². The largest absolute Gasteiger partial charge is 0.354 e. The van der Waals surface area contributed by atoms with Gasteiger partial charge in [-0.2, -0.15) is 10.4 Å². The Labute approximate surface area is 208 Å². The quantitative estimate of drug-likeness (QED) is 0.387. The zero-order chi connectivity index (χ0) is 24.0. The Morgan fingerprint density at radius 2 is 1.94 bits per heavy atom. The monoisotopic (exact) mass is 489 g/mol. The number of aromatic nitrogens is 4. The average molecular weight is 490 g/mol. The van der Waals surface area contributed by atoms with E-state index in [1.807, 2.05) is 36.4 Å². The van der Waals surface area contributed by atoms with Crippen LogP contribution in [0.4, 0.5) is 23.1 Å². The van der Waals surface area contributed by atoms with E-state index in [4.69, 9.17) is 15.2 Å². The van der Waals surface area contributed by atoms with E-state index in [1.165, 1.54) is 11.8 Å². The van der Waals surface area contributed by atoms with Crippen LogP contribution in [-0.4, -0.2) is 63.7 Å². The lowest BCUT2D eigenvalue weighted by Crippen LogP contribution is -2.46. The summed E-state index contributed by atoms with van der Waals surface area (Å²) in [6.07, 6.45) is 4.20. The first-order chi connectivity index (χ1) is 17.2. The summed E-state index contributed by atoms with van der Waals surface area (Å²) in [7, 11) is 0. The van der Waals surface area contributed by atoms with Crippen LogP contribution in [0.15, 0.2) is 52.6 Å². The molecule has 1 saturated carbocycles. The highest BCUT2D eigenvalue weighted by atomic mass is 32.2. The molecule has 10 nitrogen and oxygen atoms in total. The van der Waals surface area contributed by atoms with Crippen LogP contribution in [0.5, 0.6) is 0 Å². The van der Waals surface area contributed by atoms with Crippen molar-refractivity contribution in [3.05, 3.63) is 42.6 Å². The number of rotatable bonds is 9. The maximum Gasteiger partial charge on any atom is 0.227 e. The second-order valence-electron chi connectivity index (χ2n) is 8.62. The number of piperazine rings is 1. The predicted molar refractivity (Wildman–Crippen MR) is 135 cm³/mol. The number of nitrogens with one attached hydrogen (secondary N) is 3. The normalized spacial score (nSPS) is 16.0. The number of H-pyrrole nitrogens is 1. The van der Waals surface area contributed by atoms with Crippen molar-refractivity contribution in [2.24, 2.45) is 5.92 Å². The van der Waals surface area contributed by atoms with Crippen LogP contribution in [-0.2, 0) is 4.79 Å². The van der Waals surface area contributed by atoms with Gasteiger partial charge in [-0.05, 0) is 48.9 Å². The number of aromatic amines is 1. The minimum Gasteiger partial charge on any atom is -0.354 e. The van der Waals surface area contributed by atoms with Crippen LogP contribution in [0.2, 0.25) is 0 Å². The second kappa shape index (κ2) is 10.8. The molecule has 11 heteroatoms. The summed E-state index contributed by atoms with van der Waals surface area (Å²) in [6.45, 7) is 4.27. The van der Waals surface area contributed by atoms with Crippen molar-refractivity contribution < 1.29 is 4.79 Å². The summed E-state index contributed by atoms with van der Waals surface area (Å²) in [4.78, 5) is 27.1. The number of hydrogen-bond acceptors (Lipinski definition) is 9. The fraction of sp³-hybridized carbons (Fsp3) is 0.375. The summed E-state index contributed by atoms with van der Waals surface area (Å²) in [5.74, 6) is 2.57. The molecule has 3 N–H and O–H groups in total. The van der Waals surface area contributed by atoms with Gasteiger partial charge in [0.25, 0.3) is 0 Å². The molecule has 0 spiro atoms. The average Bonchev–Trinajstić information content (AvgIpc) is 3.61. The van der Waals surface area contributed by atoms with Gasteiger partial charge in [-0.1, -0.05) is 0 Å². The third-order valence-corrected chi connectivity index (χ3v) is 6.84. The van der Waals surface area contributed by atoms with Crippen molar-refractivity contribution in [3.63, 3.8) is 0 Å². The molecule has 3 aromatic rings. The van der Waals surface area contributed by atoms with Gasteiger partial charge in [0, 0.05) is 67.8 Å². The number of anilines is 4. The lowest BCUT2D eigenvalue weighted by Gasteiger charge is -2.35. The molecule has 0 unspecified atom stereocenters. The number of benzene rings is 1. The van der Waals surface area contributed by atoms with Gasteiger partial charge in [-0.25, -0.2) is 9.97 Å².